The average molecular weight is 390 g/mol. The van der Waals surface area contributed by atoms with Crippen molar-refractivity contribution in [1.82, 2.24) is 4.90 Å². The number of nitrogens with zero attached hydrogens (tertiary/aromatic N) is 2. The summed E-state index contributed by atoms with van der Waals surface area (Å²) in [5, 5.41) is 0. The molecule has 0 saturated heterocycles. The first-order chi connectivity index (χ1) is 14.1. The van der Waals surface area contributed by atoms with Crippen LogP contribution in [0.3, 0.4) is 0 Å². The predicted octanol–water partition coefficient (Wildman–Crippen LogP) is 4.24. The highest BCUT2D eigenvalue weighted by Gasteiger charge is 2.45. The molecule has 0 atom stereocenters. The Kier molecular flexibility index (Phi) is 5.38. The number of imide groups is 1. The number of likely N-dealkylation sites (N-methyl/N-ethyl adjacent to an activating group) is 1. The molecule has 0 unspecified atom stereocenters. The van der Waals surface area contributed by atoms with Crippen molar-refractivity contribution in [3.05, 3.63) is 65.9 Å². The Morgan fingerprint density at radius 2 is 1.55 bits per heavy atom. The summed E-state index contributed by atoms with van der Waals surface area (Å²) in [7, 11) is 3.43. The van der Waals surface area contributed by atoms with E-state index < -0.39 is 0 Å². The van der Waals surface area contributed by atoms with E-state index in [1.54, 1.807) is 7.11 Å². The third-order valence-electron chi connectivity index (χ3n) is 5.89. The molecule has 2 aromatic carbocycles. The lowest BCUT2D eigenvalue weighted by atomic mass is 9.94. The smallest absolute Gasteiger partial charge is 0.278 e. The van der Waals surface area contributed by atoms with E-state index in [9.17, 15) is 9.59 Å². The van der Waals surface area contributed by atoms with Gasteiger partial charge < -0.3 is 9.64 Å². The number of methoxy groups -OCH3 is 1. The lowest BCUT2D eigenvalue weighted by molar-refractivity contribution is -0.140. The van der Waals surface area contributed by atoms with Crippen molar-refractivity contribution >= 4 is 23.1 Å². The molecule has 1 heterocycles. The molecule has 1 aliphatic heterocycles. The number of para-hydroxylation sites is 2. The number of hydrogen-bond acceptors (Lipinski definition) is 4. The molecule has 1 saturated carbocycles. The first-order valence-corrected chi connectivity index (χ1v) is 10.2. The van der Waals surface area contributed by atoms with Crippen LogP contribution in [0.25, 0.3) is 5.57 Å². The van der Waals surface area contributed by atoms with Gasteiger partial charge >= 0.3 is 0 Å². The van der Waals surface area contributed by atoms with Crippen LogP contribution in [0.2, 0.25) is 0 Å². The van der Waals surface area contributed by atoms with Gasteiger partial charge in [0.2, 0.25) is 0 Å². The molecule has 5 nitrogen and oxygen atoms in total. The Bertz CT molecular complexity index is 946. The molecule has 0 spiro atoms. The topological polar surface area (TPSA) is 49.9 Å². The van der Waals surface area contributed by atoms with E-state index in [0.29, 0.717) is 22.6 Å². The number of rotatable bonds is 5. The van der Waals surface area contributed by atoms with Gasteiger partial charge in [-0.25, -0.2) is 0 Å². The van der Waals surface area contributed by atoms with Gasteiger partial charge in [-0.2, -0.15) is 0 Å². The largest absolute Gasteiger partial charge is 0.496 e. The van der Waals surface area contributed by atoms with Crippen molar-refractivity contribution in [2.75, 3.05) is 19.1 Å². The molecular weight excluding hydrogens is 364 g/mol. The van der Waals surface area contributed by atoms with Crippen LogP contribution < -0.4 is 9.64 Å². The minimum atomic E-state index is -0.218. The van der Waals surface area contributed by atoms with Crippen molar-refractivity contribution in [1.29, 1.82) is 0 Å². The minimum absolute atomic E-state index is 0.0323. The van der Waals surface area contributed by atoms with Crippen LogP contribution in [0, 0.1) is 0 Å². The Hall–Kier alpha value is -3.08. The number of amides is 2. The number of ether oxygens (including phenoxy) is 1. The maximum atomic E-state index is 13.6. The average Bonchev–Trinajstić information content (AvgIpc) is 3.04. The molecule has 0 bridgehead atoms. The Morgan fingerprint density at radius 1 is 0.897 bits per heavy atom. The first-order valence-electron chi connectivity index (χ1n) is 10.2. The van der Waals surface area contributed by atoms with Crippen LogP contribution in [0.4, 0.5) is 5.69 Å². The van der Waals surface area contributed by atoms with Gasteiger partial charge in [0.15, 0.2) is 0 Å². The maximum absolute atomic E-state index is 13.6. The Morgan fingerprint density at radius 3 is 2.24 bits per heavy atom. The first kappa shape index (κ1) is 19.2. The fourth-order valence-electron chi connectivity index (χ4n) is 4.39. The monoisotopic (exact) mass is 390 g/mol. The highest BCUT2D eigenvalue weighted by atomic mass is 16.5. The van der Waals surface area contributed by atoms with Crippen LogP contribution in [-0.4, -0.2) is 36.9 Å². The summed E-state index contributed by atoms with van der Waals surface area (Å²) in [6, 6.07) is 17.0. The van der Waals surface area contributed by atoms with Gasteiger partial charge in [-0.3, -0.25) is 14.5 Å². The minimum Gasteiger partial charge on any atom is -0.496 e. The van der Waals surface area contributed by atoms with Gasteiger partial charge in [-0.1, -0.05) is 55.7 Å². The molecule has 2 aromatic rings. The van der Waals surface area contributed by atoms with E-state index in [-0.39, 0.29) is 17.9 Å². The second kappa shape index (κ2) is 8.11. The molecule has 0 radical (unpaired) electrons. The summed E-state index contributed by atoms with van der Waals surface area (Å²) in [5.74, 6) is 0.159. The fourth-order valence-corrected chi connectivity index (χ4v) is 4.39. The standard InChI is InChI=1S/C24H26N2O3/c1-25(17-11-5-3-6-12-17)22-21(19-15-9-10-16-20(19)29-2)23(27)26(24(22)28)18-13-7-4-8-14-18/h3,5-6,9-12,15-16,18H,4,7-8,13-14H2,1-2H3. The van der Waals surface area contributed by atoms with Gasteiger partial charge in [0, 0.05) is 24.3 Å². The van der Waals surface area contributed by atoms with Crippen molar-refractivity contribution in [3.8, 4) is 5.75 Å². The van der Waals surface area contributed by atoms with Crippen molar-refractivity contribution in [2.24, 2.45) is 0 Å². The van der Waals surface area contributed by atoms with Gasteiger partial charge in [-0.05, 0) is 31.0 Å². The molecule has 2 amide bonds. The van der Waals surface area contributed by atoms with Crippen molar-refractivity contribution in [2.45, 2.75) is 38.1 Å². The third kappa shape index (κ3) is 3.41. The lowest BCUT2D eigenvalue weighted by Gasteiger charge is -2.30. The molecule has 29 heavy (non-hydrogen) atoms. The number of carbonyl (C=O) groups is 2. The van der Waals surface area contributed by atoms with Crippen molar-refractivity contribution in [3.63, 3.8) is 0 Å². The highest BCUT2D eigenvalue weighted by Crippen LogP contribution is 2.39. The van der Waals surface area contributed by atoms with Gasteiger partial charge in [0.05, 0.1) is 12.7 Å². The maximum Gasteiger partial charge on any atom is 0.278 e. The molecule has 150 valence electrons. The van der Waals surface area contributed by atoms with Crippen LogP contribution >= 0.6 is 0 Å². The van der Waals surface area contributed by atoms with E-state index in [4.69, 9.17) is 4.74 Å². The van der Waals surface area contributed by atoms with E-state index in [0.717, 1.165) is 37.8 Å². The van der Waals surface area contributed by atoms with Crippen LogP contribution in [-0.2, 0) is 9.59 Å². The Balaban J connectivity index is 1.85. The van der Waals surface area contributed by atoms with Crippen LogP contribution in [0.5, 0.6) is 5.75 Å². The molecule has 5 heteroatoms. The number of anilines is 1. The molecule has 4 rings (SSSR count). The van der Waals surface area contributed by atoms with Gasteiger partial charge in [-0.15, -0.1) is 0 Å². The zero-order chi connectivity index (χ0) is 20.4. The molecule has 0 N–H and O–H groups in total. The number of carbonyl (C=O) groups excluding carboxylic acids is 2. The molecule has 0 aromatic heterocycles. The third-order valence-corrected chi connectivity index (χ3v) is 5.89. The quantitative estimate of drug-likeness (QED) is 0.717. The van der Waals surface area contributed by atoms with E-state index in [1.807, 2.05) is 66.5 Å². The number of benzene rings is 2. The van der Waals surface area contributed by atoms with Crippen LogP contribution in [0.1, 0.15) is 37.7 Å². The number of hydrogen-bond donors (Lipinski definition) is 0. The van der Waals surface area contributed by atoms with Crippen molar-refractivity contribution < 1.29 is 14.3 Å². The second-order valence-corrected chi connectivity index (χ2v) is 7.59. The summed E-state index contributed by atoms with van der Waals surface area (Å²) in [5.41, 5.74) is 2.35. The predicted molar refractivity (Wildman–Crippen MR) is 113 cm³/mol. The summed E-state index contributed by atoms with van der Waals surface area (Å²) >= 11 is 0. The molecule has 2 aliphatic rings. The normalized spacial score (nSPS) is 17.8. The summed E-state index contributed by atoms with van der Waals surface area (Å²) in [4.78, 5) is 30.5. The van der Waals surface area contributed by atoms with E-state index >= 15 is 0 Å². The zero-order valence-corrected chi connectivity index (χ0v) is 16.9. The molecule has 1 aliphatic carbocycles. The molecule has 1 fully saturated rings. The van der Waals surface area contributed by atoms with Gasteiger partial charge in [0.1, 0.15) is 11.4 Å². The van der Waals surface area contributed by atoms with Crippen LogP contribution in [0.15, 0.2) is 60.3 Å². The SMILES string of the molecule is COc1ccccc1C1=C(N(C)c2ccccc2)C(=O)N(C2CCCCC2)C1=O. The summed E-state index contributed by atoms with van der Waals surface area (Å²) < 4.78 is 5.52. The second-order valence-electron chi connectivity index (χ2n) is 7.59. The van der Waals surface area contributed by atoms with E-state index in [2.05, 4.69) is 0 Å². The van der Waals surface area contributed by atoms with E-state index in [1.165, 1.54) is 4.90 Å². The fraction of sp³-hybridized carbons (Fsp3) is 0.333. The summed E-state index contributed by atoms with van der Waals surface area (Å²) in [6.45, 7) is 0. The molecular formula is C24H26N2O3. The zero-order valence-electron chi connectivity index (χ0n) is 16.9. The summed E-state index contributed by atoms with van der Waals surface area (Å²) in [6.07, 6.45) is 5.01. The Labute approximate surface area is 171 Å². The van der Waals surface area contributed by atoms with Gasteiger partial charge in [0.25, 0.3) is 11.8 Å². The lowest BCUT2D eigenvalue weighted by Crippen LogP contribution is -2.43. The highest BCUT2D eigenvalue weighted by molar-refractivity contribution is 6.37.